The molecule has 0 aliphatic heterocycles. The van der Waals surface area contributed by atoms with Crippen LogP contribution >= 0.6 is 27.3 Å². The SMILES string of the molecule is COc1cc(CNCc2sccc2Br)ccc1O. The predicted octanol–water partition coefficient (Wildman–Crippen LogP) is 3.51. The summed E-state index contributed by atoms with van der Waals surface area (Å²) < 4.78 is 6.22. The third kappa shape index (κ3) is 3.25. The van der Waals surface area contributed by atoms with Crippen LogP contribution in [0.25, 0.3) is 0 Å². The molecule has 0 amide bonds. The van der Waals surface area contributed by atoms with Crippen LogP contribution in [0.2, 0.25) is 0 Å². The number of nitrogens with one attached hydrogen (secondary N) is 1. The standard InChI is InChI=1S/C13H14BrNO2S/c1-17-12-6-9(2-3-11(12)16)7-15-8-13-10(14)4-5-18-13/h2-6,15-16H,7-8H2,1H3. The van der Waals surface area contributed by atoms with Crippen LogP contribution in [0.1, 0.15) is 10.4 Å². The van der Waals surface area contributed by atoms with Crippen molar-refractivity contribution in [2.45, 2.75) is 13.1 Å². The summed E-state index contributed by atoms with van der Waals surface area (Å²) in [6.45, 7) is 1.56. The van der Waals surface area contributed by atoms with Gasteiger partial charge in [0.15, 0.2) is 11.5 Å². The third-order valence-electron chi connectivity index (χ3n) is 2.55. The van der Waals surface area contributed by atoms with Crippen LogP contribution < -0.4 is 10.1 Å². The Morgan fingerprint density at radius 3 is 2.83 bits per heavy atom. The van der Waals surface area contributed by atoms with Crippen LogP contribution in [-0.2, 0) is 13.1 Å². The van der Waals surface area contributed by atoms with Gasteiger partial charge in [-0.25, -0.2) is 0 Å². The maximum Gasteiger partial charge on any atom is 0.160 e. The molecule has 0 fully saturated rings. The normalized spacial score (nSPS) is 10.6. The van der Waals surface area contributed by atoms with Crippen LogP contribution in [0.3, 0.4) is 0 Å². The molecule has 0 atom stereocenters. The fraction of sp³-hybridized carbons (Fsp3) is 0.231. The fourth-order valence-electron chi connectivity index (χ4n) is 1.60. The number of benzene rings is 1. The van der Waals surface area contributed by atoms with E-state index in [0.29, 0.717) is 5.75 Å². The molecule has 96 valence electrons. The van der Waals surface area contributed by atoms with Gasteiger partial charge < -0.3 is 15.2 Å². The number of hydrogen-bond acceptors (Lipinski definition) is 4. The van der Waals surface area contributed by atoms with E-state index in [1.54, 1.807) is 24.5 Å². The fourth-order valence-corrected chi connectivity index (χ4v) is 3.07. The lowest BCUT2D eigenvalue weighted by molar-refractivity contribution is 0.373. The first-order valence-electron chi connectivity index (χ1n) is 5.49. The Bertz CT molecular complexity index is 527. The van der Waals surface area contributed by atoms with Gasteiger partial charge in [-0.05, 0) is 45.1 Å². The van der Waals surface area contributed by atoms with Gasteiger partial charge >= 0.3 is 0 Å². The first kappa shape index (κ1) is 13.4. The summed E-state index contributed by atoms with van der Waals surface area (Å²) in [5.74, 6) is 0.675. The van der Waals surface area contributed by atoms with E-state index in [2.05, 4.69) is 26.6 Å². The first-order chi connectivity index (χ1) is 8.70. The molecule has 1 aromatic carbocycles. The minimum absolute atomic E-state index is 0.169. The molecule has 0 spiro atoms. The first-order valence-corrected chi connectivity index (χ1v) is 7.16. The van der Waals surface area contributed by atoms with Crippen molar-refractivity contribution in [3.8, 4) is 11.5 Å². The van der Waals surface area contributed by atoms with Crippen LogP contribution in [0.5, 0.6) is 11.5 Å². The zero-order valence-electron chi connectivity index (χ0n) is 9.94. The molecule has 5 heteroatoms. The third-order valence-corrected chi connectivity index (χ3v) is 4.48. The highest BCUT2D eigenvalue weighted by molar-refractivity contribution is 9.10. The molecule has 2 N–H and O–H groups in total. The zero-order chi connectivity index (χ0) is 13.0. The Hall–Kier alpha value is -1.04. The second kappa shape index (κ2) is 6.22. The number of aromatic hydroxyl groups is 1. The topological polar surface area (TPSA) is 41.5 Å². The van der Waals surface area contributed by atoms with Gasteiger partial charge in [-0.3, -0.25) is 0 Å². The van der Waals surface area contributed by atoms with Gasteiger partial charge in [-0.15, -0.1) is 11.3 Å². The molecule has 1 heterocycles. The quantitative estimate of drug-likeness (QED) is 0.882. The largest absolute Gasteiger partial charge is 0.504 e. The maximum atomic E-state index is 9.50. The smallest absolute Gasteiger partial charge is 0.160 e. The molecule has 2 rings (SSSR count). The molecule has 2 aromatic rings. The lowest BCUT2D eigenvalue weighted by Crippen LogP contribution is -2.12. The Labute approximate surface area is 119 Å². The van der Waals surface area contributed by atoms with Gasteiger partial charge in [0.05, 0.1) is 7.11 Å². The lowest BCUT2D eigenvalue weighted by atomic mass is 10.2. The average Bonchev–Trinajstić information content (AvgIpc) is 2.77. The molecule has 0 saturated carbocycles. The van der Waals surface area contributed by atoms with E-state index in [9.17, 15) is 5.11 Å². The van der Waals surface area contributed by atoms with E-state index >= 15 is 0 Å². The van der Waals surface area contributed by atoms with Crippen molar-refractivity contribution in [2.24, 2.45) is 0 Å². The minimum atomic E-state index is 0.169. The van der Waals surface area contributed by atoms with Gasteiger partial charge in [0.1, 0.15) is 0 Å². The highest BCUT2D eigenvalue weighted by Crippen LogP contribution is 2.26. The van der Waals surface area contributed by atoms with E-state index in [1.165, 1.54) is 4.88 Å². The summed E-state index contributed by atoms with van der Waals surface area (Å²) >= 11 is 5.22. The Kier molecular flexibility index (Phi) is 4.63. The Morgan fingerprint density at radius 2 is 2.17 bits per heavy atom. The van der Waals surface area contributed by atoms with E-state index in [0.717, 1.165) is 23.1 Å². The van der Waals surface area contributed by atoms with Gasteiger partial charge in [0, 0.05) is 22.4 Å². The molecule has 18 heavy (non-hydrogen) atoms. The number of hydrogen-bond donors (Lipinski definition) is 2. The number of thiophene rings is 1. The van der Waals surface area contributed by atoms with Crippen LogP contribution in [-0.4, -0.2) is 12.2 Å². The number of phenolic OH excluding ortho intramolecular Hbond substituents is 1. The van der Waals surface area contributed by atoms with Gasteiger partial charge in [-0.1, -0.05) is 6.07 Å². The number of methoxy groups -OCH3 is 1. The number of phenols is 1. The summed E-state index contributed by atoms with van der Waals surface area (Å²) in [6.07, 6.45) is 0. The molecule has 0 aliphatic carbocycles. The molecule has 0 unspecified atom stereocenters. The van der Waals surface area contributed by atoms with Crippen LogP contribution in [0, 0.1) is 0 Å². The van der Waals surface area contributed by atoms with Crippen LogP contribution in [0.4, 0.5) is 0 Å². The second-order valence-electron chi connectivity index (χ2n) is 3.80. The van der Waals surface area contributed by atoms with Crippen molar-refractivity contribution < 1.29 is 9.84 Å². The Morgan fingerprint density at radius 1 is 1.33 bits per heavy atom. The number of rotatable bonds is 5. The van der Waals surface area contributed by atoms with Crippen LogP contribution in [0.15, 0.2) is 34.1 Å². The molecule has 0 aliphatic rings. The summed E-state index contributed by atoms with van der Waals surface area (Å²) in [6, 6.07) is 7.42. The monoisotopic (exact) mass is 327 g/mol. The van der Waals surface area contributed by atoms with E-state index < -0.39 is 0 Å². The summed E-state index contributed by atoms with van der Waals surface area (Å²) in [5, 5.41) is 14.9. The van der Waals surface area contributed by atoms with Crippen molar-refractivity contribution in [3.63, 3.8) is 0 Å². The summed E-state index contributed by atoms with van der Waals surface area (Å²) in [7, 11) is 1.55. The van der Waals surface area contributed by atoms with E-state index in [1.807, 2.05) is 18.2 Å². The second-order valence-corrected chi connectivity index (χ2v) is 5.66. The van der Waals surface area contributed by atoms with Crippen molar-refractivity contribution in [3.05, 3.63) is 44.6 Å². The average molecular weight is 328 g/mol. The minimum Gasteiger partial charge on any atom is -0.504 e. The van der Waals surface area contributed by atoms with E-state index in [4.69, 9.17) is 4.74 Å². The molecule has 0 bridgehead atoms. The van der Waals surface area contributed by atoms with Crippen molar-refractivity contribution in [2.75, 3.05) is 7.11 Å². The highest BCUT2D eigenvalue weighted by Gasteiger charge is 2.04. The molecular formula is C13H14BrNO2S. The van der Waals surface area contributed by atoms with Crippen molar-refractivity contribution >= 4 is 27.3 Å². The number of halogens is 1. The summed E-state index contributed by atoms with van der Waals surface area (Å²) in [4.78, 5) is 1.28. The molecule has 0 radical (unpaired) electrons. The van der Waals surface area contributed by atoms with Crippen molar-refractivity contribution in [1.29, 1.82) is 0 Å². The van der Waals surface area contributed by atoms with Gasteiger partial charge in [0.2, 0.25) is 0 Å². The molecule has 0 saturated heterocycles. The zero-order valence-corrected chi connectivity index (χ0v) is 12.3. The summed E-state index contributed by atoms with van der Waals surface area (Å²) in [5.41, 5.74) is 1.08. The predicted molar refractivity (Wildman–Crippen MR) is 77.2 cm³/mol. The van der Waals surface area contributed by atoms with E-state index in [-0.39, 0.29) is 5.75 Å². The molecule has 3 nitrogen and oxygen atoms in total. The maximum absolute atomic E-state index is 9.50. The molecule has 1 aromatic heterocycles. The lowest BCUT2D eigenvalue weighted by Gasteiger charge is -2.07. The van der Waals surface area contributed by atoms with Crippen molar-refractivity contribution in [1.82, 2.24) is 5.32 Å². The highest BCUT2D eigenvalue weighted by atomic mass is 79.9. The number of ether oxygens (including phenoxy) is 1. The molecular weight excluding hydrogens is 314 g/mol. The Balaban J connectivity index is 1.92. The van der Waals surface area contributed by atoms with Gasteiger partial charge in [0.25, 0.3) is 0 Å². The van der Waals surface area contributed by atoms with Gasteiger partial charge in [-0.2, -0.15) is 0 Å².